The van der Waals surface area contributed by atoms with E-state index < -0.39 is 0 Å². The molecule has 4 aromatic rings. The van der Waals surface area contributed by atoms with Gasteiger partial charge in [0.05, 0.1) is 17.2 Å². The van der Waals surface area contributed by atoms with Gasteiger partial charge in [-0.2, -0.15) is 0 Å². The lowest BCUT2D eigenvalue weighted by Gasteiger charge is -2.10. The third kappa shape index (κ3) is 4.55. The van der Waals surface area contributed by atoms with Crippen molar-refractivity contribution >= 4 is 34.4 Å². The first-order valence-corrected chi connectivity index (χ1v) is 10.1. The van der Waals surface area contributed by atoms with Crippen molar-refractivity contribution in [1.82, 2.24) is 19.5 Å². The minimum Gasteiger partial charge on any atom is -0.325 e. The number of carbonyl (C=O) groups is 1. The van der Waals surface area contributed by atoms with Crippen molar-refractivity contribution in [3.63, 3.8) is 0 Å². The van der Waals surface area contributed by atoms with E-state index in [1.54, 1.807) is 12.1 Å². The largest absolute Gasteiger partial charge is 0.325 e. The summed E-state index contributed by atoms with van der Waals surface area (Å²) in [7, 11) is 0. The van der Waals surface area contributed by atoms with Crippen LogP contribution in [-0.4, -0.2) is 25.4 Å². The van der Waals surface area contributed by atoms with Crippen molar-refractivity contribution in [3.8, 4) is 0 Å². The van der Waals surface area contributed by atoms with Crippen LogP contribution in [0, 0.1) is 13.8 Å². The molecule has 0 saturated heterocycles. The molecular formula is C22H19N5O2S. The number of nitrogens with zero attached hydrogens (tertiary/aromatic N) is 4. The van der Waals surface area contributed by atoms with E-state index >= 15 is 0 Å². The van der Waals surface area contributed by atoms with Crippen LogP contribution < -0.4 is 10.9 Å². The summed E-state index contributed by atoms with van der Waals surface area (Å²) in [6.45, 7) is 3.79. The molecule has 1 amide bonds. The van der Waals surface area contributed by atoms with Crippen LogP contribution in [-0.2, 0) is 11.3 Å². The van der Waals surface area contributed by atoms with E-state index in [9.17, 15) is 9.59 Å². The van der Waals surface area contributed by atoms with Crippen LogP contribution in [0.4, 0.5) is 5.69 Å². The van der Waals surface area contributed by atoms with Crippen molar-refractivity contribution < 1.29 is 4.79 Å². The Morgan fingerprint density at radius 1 is 1.03 bits per heavy atom. The summed E-state index contributed by atoms with van der Waals surface area (Å²) >= 11 is 1.46. The number of aromatic nitrogens is 4. The topological polar surface area (TPSA) is 89.8 Å². The number of nitrogens with one attached hydrogen (secondary N) is 1. The van der Waals surface area contributed by atoms with Gasteiger partial charge in [-0.25, -0.2) is 15.0 Å². The second-order valence-electron chi connectivity index (χ2n) is 6.78. The smallest absolute Gasteiger partial charge is 0.269 e. The number of para-hydroxylation sites is 2. The summed E-state index contributed by atoms with van der Waals surface area (Å²) in [6.07, 6.45) is 1.23. The third-order valence-corrected chi connectivity index (χ3v) is 5.24. The van der Waals surface area contributed by atoms with Crippen LogP contribution in [0.2, 0.25) is 0 Å². The first kappa shape index (κ1) is 19.8. The Hall–Kier alpha value is -3.52. The van der Waals surface area contributed by atoms with Gasteiger partial charge in [0.25, 0.3) is 5.56 Å². The molecule has 2 aromatic carbocycles. The SMILES string of the molecule is Cc1cc(C)nc(Sc2ccc(NC(=O)Cn3c(=O)cnc4ccccc43)cc2)n1. The van der Waals surface area contributed by atoms with Crippen molar-refractivity contribution in [1.29, 1.82) is 0 Å². The Kier molecular flexibility index (Phi) is 5.58. The minimum absolute atomic E-state index is 0.0885. The molecule has 8 heteroatoms. The van der Waals surface area contributed by atoms with E-state index in [1.807, 2.05) is 56.3 Å². The molecule has 4 rings (SSSR count). The van der Waals surface area contributed by atoms with Gasteiger partial charge in [-0.15, -0.1) is 0 Å². The van der Waals surface area contributed by atoms with E-state index in [0.717, 1.165) is 16.3 Å². The van der Waals surface area contributed by atoms with E-state index in [4.69, 9.17) is 0 Å². The number of hydrogen-bond acceptors (Lipinski definition) is 6. The number of amides is 1. The molecule has 0 atom stereocenters. The number of rotatable bonds is 5. The standard InChI is InChI=1S/C22H19N5O2S/c1-14-11-15(2)25-22(24-14)30-17-9-7-16(8-10-17)26-20(28)13-27-19-6-4-3-5-18(19)23-12-21(27)29/h3-12H,13H2,1-2H3,(H,26,28). The lowest BCUT2D eigenvalue weighted by atomic mass is 10.3. The highest BCUT2D eigenvalue weighted by Crippen LogP contribution is 2.26. The van der Waals surface area contributed by atoms with E-state index in [-0.39, 0.29) is 18.0 Å². The van der Waals surface area contributed by atoms with Gasteiger partial charge < -0.3 is 5.32 Å². The van der Waals surface area contributed by atoms with E-state index in [1.165, 1.54) is 22.5 Å². The van der Waals surface area contributed by atoms with Crippen molar-refractivity contribution in [2.24, 2.45) is 0 Å². The Labute approximate surface area is 177 Å². The van der Waals surface area contributed by atoms with Gasteiger partial charge in [0.15, 0.2) is 5.16 Å². The minimum atomic E-state index is -0.316. The van der Waals surface area contributed by atoms with Crippen LogP contribution >= 0.6 is 11.8 Å². The first-order chi connectivity index (χ1) is 14.5. The van der Waals surface area contributed by atoms with Crippen molar-refractivity contribution in [2.75, 3.05) is 5.32 Å². The quantitative estimate of drug-likeness (QED) is 0.499. The molecule has 2 heterocycles. The fourth-order valence-corrected chi connectivity index (χ4v) is 3.94. The Morgan fingerprint density at radius 3 is 2.47 bits per heavy atom. The fourth-order valence-electron chi connectivity index (χ4n) is 3.07. The van der Waals surface area contributed by atoms with Gasteiger partial charge in [0, 0.05) is 22.0 Å². The molecule has 0 radical (unpaired) electrons. The molecule has 0 bridgehead atoms. The number of aryl methyl sites for hydroxylation is 2. The zero-order chi connectivity index (χ0) is 21.1. The summed E-state index contributed by atoms with van der Waals surface area (Å²) in [5, 5.41) is 3.52. The average molecular weight is 417 g/mol. The molecule has 0 fully saturated rings. The summed E-state index contributed by atoms with van der Waals surface area (Å²) in [6, 6.07) is 16.6. The molecule has 2 aromatic heterocycles. The Morgan fingerprint density at radius 2 is 1.73 bits per heavy atom. The summed E-state index contributed by atoms with van der Waals surface area (Å²) in [5.41, 5.74) is 3.47. The molecule has 0 aliphatic rings. The number of fused-ring (bicyclic) bond motifs is 1. The number of hydrogen-bond donors (Lipinski definition) is 1. The Bertz CT molecular complexity index is 1260. The molecule has 0 saturated carbocycles. The van der Waals surface area contributed by atoms with Crippen molar-refractivity contribution in [2.45, 2.75) is 30.4 Å². The van der Waals surface area contributed by atoms with Crippen LogP contribution in [0.15, 0.2) is 75.6 Å². The van der Waals surface area contributed by atoms with E-state index in [0.29, 0.717) is 21.9 Å². The number of benzene rings is 2. The van der Waals surface area contributed by atoms with E-state index in [2.05, 4.69) is 20.3 Å². The van der Waals surface area contributed by atoms with Crippen molar-refractivity contribution in [3.05, 3.63) is 82.5 Å². The molecular weight excluding hydrogens is 398 g/mol. The molecule has 150 valence electrons. The predicted molar refractivity (Wildman–Crippen MR) is 117 cm³/mol. The van der Waals surface area contributed by atoms with Crippen LogP contribution in [0.3, 0.4) is 0 Å². The highest BCUT2D eigenvalue weighted by molar-refractivity contribution is 7.99. The second-order valence-corrected chi connectivity index (χ2v) is 7.82. The molecule has 30 heavy (non-hydrogen) atoms. The van der Waals surface area contributed by atoms with Gasteiger partial charge in [-0.3, -0.25) is 14.2 Å². The van der Waals surface area contributed by atoms with Crippen LogP contribution in [0.1, 0.15) is 11.4 Å². The maximum Gasteiger partial charge on any atom is 0.269 e. The monoisotopic (exact) mass is 417 g/mol. The molecule has 7 nitrogen and oxygen atoms in total. The average Bonchev–Trinajstić information content (AvgIpc) is 2.71. The molecule has 0 spiro atoms. The van der Waals surface area contributed by atoms with Gasteiger partial charge in [-0.1, -0.05) is 12.1 Å². The number of carbonyl (C=O) groups excluding carboxylic acids is 1. The highest BCUT2D eigenvalue weighted by Gasteiger charge is 2.10. The van der Waals surface area contributed by atoms with Gasteiger partial charge in [0.2, 0.25) is 5.91 Å². The second kappa shape index (κ2) is 8.46. The lowest BCUT2D eigenvalue weighted by molar-refractivity contribution is -0.116. The van der Waals surface area contributed by atoms with Gasteiger partial charge in [0.1, 0.15) is 6.54 Å². The summed E-state index contributed by atoms with van der Waals surface area (Å²) < 4.78 is 1.42. The van der Waals surface area contributed by atoms with Crippen LogP contribution in [0.5, 0.6) is 0 Å². The van der Waals surface area contributed by atoms with Gasteiger partial charge >= 0.3 is 0 Å². The maximum absolute atomic E-state index is 12.5. The summed E-state index contributed by atoms with van der Waals surface area (Å²) in [5.74, 6) is -0.286. The molecule has 1 N–H and O–H groups in total. The molecule has 0 unspecified atom stereocenters. The first-order valence-electron chi connectivity index (χ1n) is 9.32. The fraction of sp³-hybridized carbons (Fsp3) is 0.136. The Balaban J connectivity index is 1.46. The number of anilines is 1. The molecule has 0 aliphatic heterocycles. The third-order valence-electron chi connectivity index (χ3n) is 4.36. The zero-order valence-electron chi connectivity index (χ0n) is 16.5. The van der Waals surface area contributed by atoms with Gasteiger partial charge in [-0.05, 0) is 68.1 Å². The summed E-state index contributed by atoms with van der Waals surface area (Å²) in [4.78, 5) is 38.6. The predicted octanol–water partition coefficient (Wildman–Crippen LogP) is 3.59. The molecule has 0 aliphatic carbocycles. The van der Waals surface area contributed by atoms with Crippen LogP contribution in [0.25, 0.3) is 11.0 Å². The zero-order valence-corrected chi connectivity index (χ0v) is 17.3. The maximum atomic E-state index is 12.5. The highest BCUT2D eigenvalue weighted by atomic mass is 32.2. The normalized spacial score (nSPS) is 10.9. The lowest BCUT2D eigenvalue weighted by Crippen LogP contribution is -2.27.